The Bertz CT molecular complexity index is 1320. The Labute approximate surface area is 223 Å². The van der Waals surface area contributed by atoms with E-state index in [1.165, 1.54) is 49.9 Å². The van der Waals surface area contributed by atoms with Crippen molar-refractivity contribution in [3.05, 3.63) is 42.0 Å². The second-order valence-corrected chi connectivity index (χ2v) is 11.4. The van der Waals surface area contributed by atoms with Gasteiger partial charge in [0, 0.05) is 24.2 Å². The fourth-order valence-corrected chi connectivity index (χ4v) is 5.54. The van der Waals surface area contributed by atoms with Crippen LogP contribution < -0.4 is 19.5 Å². The van der Waals surface area contributed by atoms with Crippen LogP contribution >= 0.6 is 0 Å². The van der Waals surface area contributed by atoms with Gasteiger partial charge in [0.1, 0.15) is 0 Å². The zero-order chi connectivity index (χ0) is 28.0. The van der Waals surface area contributed by atoms with E-state index in [-0.39, 0.29) is 34.2 Å². The Hall–Kier alpha value is -3.64. The van der Waals surface area contributed by atoms with E-state index in [1.807, 2.05) is 27.7 Å². The first-order valence-electron chi connectivity index (χ1n) is 12.1. The van der Waals surface area contributed by atoms with Crippen LogP contribution in [0.1, 0.15) is 38.1 Å². The largest absolute Gasteiger partial charge is 0.493 e. The van der Waals surface area contributed by atoms with Crippen molar-refractivity contribution in [1.29, 1.82) is 0 Å². The van der Waals surface area contributed by atoms with E-state index in [2.05, 4.69) is 15.5 Å². The zero-order valence-electron chi connectivity index (χ0n) is 22.6. The maximum atomic E-state index is 13.2. The Kier molecular flexibility index (Phi) is 9.34. The normalized spacial score (nSPS) is 11.7. The second kappa shape index (κ2) is 12.3. The molecule has 1 aromatic heterocycles. The molecule has 0 aliphatic rings. The van der Waals surface area contributed by atoms with Crippen LogP contribution in [0.3, 0.4) is 0 Å². The number of hydrogen-bond acceptors (Lipinski definition) is 9. The number of aromatic nitrogens is 2. The molecule has 0 fully saturated rings. The summed E-state index contributed by atoms with van der Waals surface area (Å²) in [6.07, 6.45) is 0. The highest BCUT2D eigenvalue weighted by atomic mass is 32.2. The number of nitrogens with one attached hydrogen (secondary N) is 1. The molecule has 11 nitrogen and oxygen atoms in total. The summed E-state index contributed by atoms with van der Waals surface area (Å²) < 4.78 is 49.5. The van der Waals surface area contributed by atoms with Crippen LogP contribution in [0, 0.1) is 11.8 Å². The summed E-state index contributed by atoms with van der Waals surface area (Å²) in [5.41, 5.74) is 0.727. The van der Waals surface area contributed by atoms with Gasteiger partial charge in [0.15, 0.2) is 11.5 Å². The fraction of sp³-hybridized carbons (Fsp3) is 0.423. The molecule has 0 saturated carbocycles. The predicted molar refractivity (Wildman–Crippen MR) is 142 cm³/mol. The number of rotatable bonds is 12. The van der Waals surface area contributed by atoms with E-state index >= 15 is 0 Å². The molecule has 206 valence electrons. The van der Waals surface area contributed by atoms with Gasteiger partial charge in [-0.05, 0) is 48.2 Å². The highest BCUT2D eigenvalue weighted by Gasteiger charge is 2.26. The summed E-state index contributed by atoms with van der Waals surface area (Å²) in [7, 11) is 0.769. The van der Waals surface area contributed by atoms with Gasteiger partial charge in [-0.25, -0.2) is 8.42 Å². The molecule has 1 heterocycles. The van der Waals surface area contributed by atoms with E-state index in [0.29, 0.717) is 35.9 Å². The predicted octanol–water partition coefficient (Wildman–Crippen LogP) is 4.32. The lowest BCUT2D eigenvalue weighted by atomic mass is 10.2. The number of ether oxygens (including phenoxy) is 3. The van der Waals surface area contributed by atoms with Gasteiger partial charge in [-0.15, -0.1) is 5.10 Å². The molecule has 0 radical (unpaired) electrons. The summed E-state index contributed by atoms with van der Waals surface area (Å²) in [6, 6.07) is 8.89. The highest BCUT2D eigenvalue weighted by molar-refractivity contribution is 7.89. The van der Waals surface area contributed by atoms with Crippen molar-refractivity contribution >= 4 is 21.9 Å². The van der Waals surface area contributed by atoms with Gasteiger partial charge in [0.05, 0.1) is 26.2 Å². The Balaban J connectivity index is 1.78. The first-order chi connectivity index (χ1) is 18.0. The van der Waals surface area contributed by atoms with E-state index in [0.717, 1.165) is 0 Å². The lowest BCUT2D eigenvalue weighted by molar-refractivity contribution is 0.102. The van der Waals surface area contributed by atoms with Gasteiger partial charge >= 0.3 is 6.01 Å². The van der Waals surface area contributed by atoms with Gasteiger partial charge < -0.3 is 18.6 Å². The van der Waals surface area contributed by atoms with Crippen molar-refractivity contribution in [3.8, 4) is 28.7 Å². The van der Waals surface area contributed by atoms with E-state index in [4.69, 9.17) is 18.6 Å². The van der Waals surface area contributed by atoms with Gasteiger partial charge in [0.25, 0.3) is 5.91 Å². The maximum Gasteiger partial charge on any atom is 0.322 e. The average Bonchev–Trinajstić information content (AvgIpc) is 3.35. The number of nitrogens with zero attached hydrogens (tertiary/aromatic N) is 3. The lowest BCUT2D eigenvalue weighted by Gasteiger charge is -2.25. The third-order valence-corrected chi connectivity index (χ3v) is 7.29. The Morgan fingerprint density at radius 2 is 1.47 bits per heavy atom. The molecule has 0 atom stereocenters. The molecule has 0 saturated heterocycles. The Morgan fingerprint density at radius 3 is 1.95 bits per heavy atom. The van der Waals surface area contributed by atoms with Gasteiger partial charge in [0.2, 0.25) is 21.7 Å². The molecule has 0 spiro atoms. The smallest absolute Gasteiger partial charge is 0.322 e. The third kappa shape index (κ3) is 6.62. The number of anilines is 1. The summed E-state index contributed by atoms with van der Waals surface area (Å²) in [6.45, 7) is 8.71. The van der Waals surface area contributed by atoms with E-state index in [1.54, 1.807) is 12.1 Å². The van der Waals surface area contributed by atoms with Crippen molar-refractivity contribution in [1.82, 2.24) is 14.5 Å². The minimum Gasteiger partial charge on any atom is -0.493 e. The van der Waals surface area contributed by atoms with Crippen molar-refractivity contribution < 1.29 is 31.8 Å². The molecule has 3 aromatic rings. The molecule has 38 heavy (non-hydrogen) atoms. The van der Waals surface area contributed by atoms with Crippen LogP contribution in [0.2, 0.25) is 0 Å². The van der Waals surface area contributed by atoms with Crippen molar-refractivity contribution in [3.63, 3.8) is 0 Å². The fourth-order valence-electron chi connectivity index (χ4n) is 3.78. The van der Waals surface area contributed by atoms with Crippen molar-refractivity contribution in [2.24, 2.45) is 11.8 Å². The lowest BCUT2D eigenvalue weighted by Crippen LogP contribution is -2.37. The summed E-state index contributed by atoms with van der Waals surface area (Å²) in [5.74, 6) is 1.16. The minimum atomic E-state index is -3.71. The van der Waals surface area contributed by atoms with Crippen LogP contribution in [-0.4, -0.2) is 63.2 Å². The monoisotopic (exact) mass is 546 g/mol. The van der Waals surface area contributed by atoms with Gasteiger partial charge in [-0.2, -0.15) is 4.31 Å². The minimum absolute atomic E-state index is 0.122. The second-order valence-electron chi connectivity index (χ2n) is 9.41. The first kappa shape index (κ1) is 28.9. The van der Waals surface area contributed by atoms with Crippen LogP contribution in [-0.2, 0) is 10.0 Å². The molecule has 12 heteroatoms. The first-order valence-corrected chi connectivity index (χ1v) is 13.5. The quantitative estimate of drug-likeness (QED) is 0.353. The van der Waals surface area contributed by atoms with Gasteiger partial charge in [-0.1, -0.05) is 32.8 Å². The number of methoxy groups -OCH3 is 3. The van der Waals surface area contributed by atoms with Crippen molar-refractivity contribution in [2.45, 2.75) is 32.6 Å². The zero-order valence-corrected chi connectivity index (χ0v) is 23.5. The molecule has 1 N–H and O–H groups in total. The molecular formula is C26H34N4O7S. The number of amides is 1. The number of hydrogen-bond donors (Lipinski definition) is 1. The maximum absolute atomic E-state index is 13.2. The van der Waals surface area contributed by atoms with E-state index in [9.17, 15) is 13.2 Å². The molecule has 3 rings (SSSR count). The van der Waals surface area contributed by atoms with E-state index < -0.39 is 15.9 Å². The number of sulfonamides is 1. The number of carbonyl (C=O) groups is 1. The van der Waals surface area contributed by atoms with Crippen LogP contribution in [0.4, 0.5) is 6.01 Å². The number of carbonyl (C=O) groups excluding carboxylic acids is 1. The third-order valence-electron chi connectivity index (χ3n) is 5.45. The molecule has 0 aliphatic carbocycles. The molecule has 0 aliphatic heterocycles. The number of benzene rings is 2. The molecule has 1 amide bonds. The molecule has 0 unspecified atom stereocenters. The summed E-state index contributed by atoms with van der Waals surface area (Å²) >= 11 is 0. The van der Waals surface area contributed by atoms with Crippen molar-refractivity contribution in [2.75, 3.05) is 39.7 Å². The van der Waals surface area contributed by atoms with Crippen LogP contribution in [0.5, 0.6) is 17.2 Å². The van der Waals surface area contributed by atoms with Gasteiger partial charge in [-0.3, -0.25) is 10.1 Å². The van der Waals surface area contributed by atoms with Crippen LogP contribution in [0.15, 0.2) is 45.7 Å². The Morgan fingerprint density at radius 1 is 0.921 bits per heavy atom. The summed E-state index contributed by atoms with van der Waals surface area (Å²) in [4.78, 5) is 12.9. The summed E-state index contributed by atoms with van der Waals surface area (Å²) in [5, 5.41) is 10.4. The highest BCUT2D eigenvalue weighted by Crippen LogP contribution is 2.41. The topological polar surface area (TPSA) is 133 Å². The standard InChI is InChI=1S/C26H34N4O7S/c1-16(2)14-30(15-17(3)4)38(32,33)20-10-8-18(9-11-20)24(31)27-26-29-28-25(37-26)19-12-21(34-5)23(36-7)22(13-19)35-6/h8-13,16-17H,14-15H2,1-7H3,(H,27,29,31). The molecule has 2 aromatic carbocycles. The molecule has 0 bridgehead atoms. The average molecular weight is 547 g/mol. The van der Waals surface area contributed by atoms with Crippen LogP contribution in [0.25, 0.3) is 11.5 Å². The molecular weight excluding hydrogens is 512 g/mol. The SMILES string of the molecule is COc1cc(-c2nnc(NC(=O)c3ccc(S(=O)(=O)N(CC(C)C)CC(C)C)cc3)o2)cc(OC)c1OC.